The van der Waals surface area contributed by atoms with Crippen molar-refractivity contribution in [3.8, 4) is 0 Å². The molecule has 2 unspecified atom stereocenters. The molecule has 2 fully saturated rings. The molecular formula is C15H25N3S. The van der Waals surface area contributed by atoms with Crippen molar-refractivity contribution in [2.75, 3.05) is 12.3 Å². The van der Waals surface area contributed by atoms with Gasteiger partial charge >= 0.3 is 0 Å². The highest BCUT2D eigenvalue weighted by Crippen LogP contribution is 2.43. The first-order valence-electron chi connectivity index (χ1n) is 7.70. The van der Waals surface area contributed by atoms with Gasteiger partial charge in [-0.2, -0.15) is 0 Å². The largest absolute Gasteiger partial charge is 0.375 e. The molecule has 0 aliphatic heterocycles. The smallest absolute Gasteiger partial charge is 0.180 e. The highest BCUT2D eigenvalue weighted by molar-refractivity contribution is 7.15. The molecule has 3 nitrogen and oxygen atoms in total. The Morgan fingerprint density at radius 3 is 2.74 bits per heavy atom. The summed E-state index contributed by atoms with van der Waals surface area (Å²) < 4.78 is 0. The van der Waals surface area contributed by atoms with E-state index >= 15 is 0 Å². The summed E-state index contributed by atoms with van der Waals surface area (Å²) >= 11 is 1.59. The van der Waals surface area contributed by atoms with Crippen LogP contribution < -0.4 is 11.1 Å². The summed E-state index contributed by atoms with van der Waals surface area (Å²) in [5.74, 6) is 3.08. The second kappa shape index (κ2) is 6.23. The van der Waals surface area contributed by atoms with E-state index in [9.17, 15) is 0 Å². The molecule has 3 N–H and O–H groups in total. The minimum Gasteiger partial charge on any atom is -0.375 e. The number of nitrogens with zero attached hydrogens (tertiary/aromatic N) is 1. The fourth-order valence-corrected chi connectivity index (χ4v) is 4.68. The van der Waals surface area contributed by atoms with Gasteiger partial charge in [-0.05, 0) is 50.0 Å². The minimum atomic E-state index is 0.678. The highest BCUT2D eigenvalue weighted by atomic mass is 32.1. The number of nitrogens with one attached hydrogen (secondary N) is 1. The van der Waals surface area contributed by atoms with Gasteiger partial charge in [0.25, 0.3) is 0 Å². The van der Waals surface area contributed by atoms with E-state index in [0.29, 0.717) is 5.13 Å². The van der Waals surface area contributed by atoms with Crippen LogP contribution in [0.1, 0.15) is 49.8 Å². The molecule has 1 heterocycles. The molecule has 2 saturated carbocycles. The van der Waals surface area contributed by atoms with Crippen LogP contribution in [-0.2, 0) is 6.54 Å². The van der Waals surface area contributed by atoms with Gasteiger partial charge in [0.2, 0.25) is 0 Å². The van der Waals surface area contributed by atoms with Crippen LogP contribution in [0.2, 0.25) is 0 Å². The van der Waals surface area contributed by atoms with E-state index in [1.807, 2.05) is 6.20 Å². The van der Waals surface area contributed by atoms with E-state index in [0.717, 1.165) is 30.8 Å². The van der Waals surface area contributed by atoms with Crippen LogP contribution in [0.4, 0.5) is 5.13 Å². The van der Waals surface area contributed by atoms with Crippen LogP contribution in [0.3, 0.4) is 0 Å². The van der Waals surface area contributed by atoms with Gasteiger partial charge in [-0.3, -0.25) is 0 Å². The molecule has 0 spiro atoms. The molecule has 1 aromatic rings. The van der Waals surface area contributed by atoms with Crippen molar-refractivity contribution in [2.45, 2.75) is 51.5 Å². The maximum absolute atomic E-state index is 5.63. The quantitative estimate of drug-likeness (QED) is 0.812. The van der Waals surface area contributed by atoms with Gasteiger partial charge in [0.15, 0.2) is 5.13 Å². The summed E-state index contributed by atoms with van der Waals surface area (Å²) in [7, 11) is 0. The van der Waals surface area contributed by atoms with Gasteiger partial charge in [0.05, 0.1) is 0 Å². The average molecular weight is 279 g/mol. The average Bonchev–Trinajstić information content (AvgIpc) is 2.80. The lowest BCUT2D eigenvalue weighted by Gasteiger charge is -2.39. The summed E-state index contributed by atoms with van der Waals surface area (Å²) in [6, 6.07) is 0. The predicted molar refractivity (Wildman–Crippen MR) is 81.0 cm³/mol. The van der Waals surface area contributed by atoms with Gasteiger partial charge in [0.1, 0.15) is 0 Å². The zero-order valence-corrected chi connectivity index (χ0v) is 12.4. The molecule has 0 amide bonds. The first-order chi connectivity index (χ1) is 9.29. The normalized spacial score (nSPS) is 30.4. The molecule has 0 saturated heterocycles. The lowest BCUT2D eigenvalue weighted by Crippen LogP contribution is -2.28. The van der Waals surface area contributed by atoms with Crippen LogP contribution in [0.25, 0.3) is 0 Å². The summed E-state index contributed by atoms with van der Waals surface area (Å²) in [5.41, 5.74) is 5.63. The van der Waals surface area contributed by atoms with E-state index < -0.39 is 0 Å². The van der Waals surface area contributed by atoms with Crippen molar-refractivity contribution < 1.29 is 0 Å². The van der Waals surface area contributed by atoms with Crippen molar-refractivity contribution in [1.29, 1.82) is 0 Å². The molecule has 0 radical (unpaired) electrons. The monoisotopic (exact) mass is 279 g/mol. The zero-order chi connectivity index (χ0) is 13.1. The maximum Gasteiger partial charge on any atom is 0.180 e. The molecule has 2 bridgehead atoms. The van der Waals surface area contributed by atoms with Crippen molar-refractivity contribution in [3.05, 3.63) is 11.1 Å². The highest BCUT2D eigenvalue weighted by Gasteiger charge is 2.31. The van der Waals surface area contributed by atoms with Crippen molar-refractivity contribution >= 4 is 16.5 Å². The van der Waals surface area contributed by atoms with E-state index in [4.69, 9.17) is 5.73 Å². The molecular weight excluding hydrogens is 254 g/mol. The Balaban J connectivity index is 1.36. The minimum absolute atomic E-state index is 0.678. The van der Waals surface area contributed by atoms with Crippen molar-refractivity contribution in [3.63, 3.8) is 0 Å². The molecule has 19 heavy (non-hydrogen) atoms. The van der Waals surface area contributed by atoms with E-state index in [-0.39, 0.29) is 0 Å². The molecule has 2 atom stereocenters. The first kappa shape index (κ1) is 13.4. The van der Waals surface area contributed by atoms with Crippen LogP contribution in [0, 0.1) is 17.8 Å². The Morgan fingerprint density at radius 1 is 1.26 bits per heavy atom. The third-order valence-corrected chi connectivity index (χ3v) is 5.65. The van der Waals surface area contributed by atoms with Crippen molar-refractivity contribution in [2.24, 2.45) is 17.8 Å². The summed E-state index contributed by atoms with van der Waals surface area (Å²) in [6.07, 6.45) is 12.2. The number of aromatic nitrogens is 1. The van der Waals surface area contributed by atoms with E-state index in [2.05, 4.69) is 10.3 Å². The molecule has 2 aliphatic rings. The SMILES string of the molecule is Nc1ncc(CNCCC2CC3CCCC(C3)C2)s1. The van der Waals surface area contributed by atoms with E-state index in [1.165, 1.54) is 49.8 Å². The summed E-state index contributed by atoms with van der Waals surface area (Å²) in [5, 5.41) is 4.22. The number of nitrogen functional groups attached to an aromatic ring is 1. The summed E-state index contributed by atoms with van der Waals surface area (Å²) in [6.45, 7) is 2.07. The van der Waals surface area contributed by atoms with Crippen LogP contribution >= 0.6 is 11.3 Å². The topological polar surface area (TPSA) is 50.9 Å². The number of anilines is 1. The Morgan fingerprint density at radius 2 is 2.05 bits per heavy atom. The molecule has 0 aromatic carbocycles. The number of nitrogens with two attached hydrogens (primary N) is 1. The second-order valence-electron chi connectivity index (χ2n) is 6.37. The van der Waals surface area contributed by atoms with Gasteiger partial charge in [0, 0.05) is 17.6 Å². The van der Waals surface area contributed by atoms with E-state index in [1.54, 1.807) is 11.3 Å². The predicted octanol–water partition coefficient (Wildman–Crippen LogP) is 3.42. The fourth-order valence-electron chi connectivity index (χ4n) is 4.03. The Kier molecular flexibility index (Phi) is 4.38. The fraction of sp³-hybridized carbons (Fsp3) is 0.800. The van der Waals surface area contributed by atoms with Gasteiger partial charge < -0.3 is 11.1 Å². The lowest BCUT2D eigenvalue weighted by atomic mass is 9.67. The summed E-state index contributed by atoms with van der Waals surface area (Å²) in [4.78, 5) is 5.33. The number of hydrogen-bond acceptors (Lipinski definition) is 4. The first-order valence-corrected chi connectivity index (χ1v) is 8.52. The molecule has 2 aliphatic carbocycles. The Bertz CT molecular complexity index is 392. The molecule has 4 heteroatoms. The second-order valence-corrected chi connectivity index (χ2v) is 7.51. The zero-order valence-electron chi connectivity index (χ0n) is 11.6. The number of thiazole rings is 1. The third-order valence-electron chi connectivity index (χ3n) is 4.82. The standard InChI is InChI=1S/C15H25N3S/c16-15-18-10-14(19-15)9-17-5-4-13-7-11-2-1-3-12(6-11)8-13/h10-13,17H,1-9H2,(H2,16,18). The lowest BCUT2D eigenvalue weighted by molar-refractivity contribution is 0.132. The van der Waals surface area contributed by atoms with Crippen LogP contribution in [0.5, 0.6) is 0 Å². The van der Waals surface area contributed by atoms with Crippen LogP contribution in [0.15, 0.2) is 6.20 Å². The van der Waals surface area contributed by atoms with Crippen molar-refractivity contribution in [1.82, 2.24) is 10.3 Å². The number of fused-ring (bicyclic) bond motifs is 2. The molecule has 1 aromatic heterocycles. The Hall–Kier alpha value is -0.610. The van der Waals surface area contributed by atoms with Gasteiger partial charge in [-0.1, -0.05) is 19.3 Å². The van der Waals surface area contributed by atoms with Gasteiger partial charge in [-0.25, -0.2) is 4.98 Å². The maximum atomic E-state index is 5.63. The van der Waals surface area contributed by atoms with Crippen LogP contribution in [-0.4, -0.2) is 11.5 Å². The molecule has 106 valence electrons. The number of rotatable bonds is 5. The third kappa shape index (κ3) is 3.69. The number of hydrogen-bond donors (Lipinski definition) is 2. The Labute approximate surface area is 120 Å². The molecule has 3 rings (SSSR count). The van der Waals surface area contributed by atoms with Gasteiger partial charge in [-0.15, -0.1) is 11.3 Å².